The number of rotatable bonds is 6. The van der Waals surface area contributed by atoms with E-state index in [0.29, 0.717) is 11.3 Å². The number of anilines is 1. The quantitative estimate of drug-likeness (QED) is 0.215. The number of carbonyl (C=O) groups is 1. The standard InChI is InChI=1S/C25H19N3O3S/c1-17-24(27-25(32-17)20-7-3-2-4-8-20)19-11-13-21(14-12-19)26-23(29)15-10-18-6-5-9-22(16-18)28(30)31/h2-16H,1H3,(H,26,29)/b15-10+. The minimum absolute atomic E-state index is 0.0177. The van der Waals surface area contributed by atoms with Crippen molar-refractivity contribution in [1.29, 1.82) is 0 Å². The highest BCUT2D eigenvalue weighted by molar-refractivity contribution is 7.15. The average Bonchev–Trinajstić information content (AvgIpc) is 3.20. The molecule has 0 aliphatic heterocycles. The molecule has 0 fully saturated rings. The zero-order valence-electron chi connectivity index (χ0n) is 17.2. The normalized spacial score (nSPS) is 10.9. The fourth-order valence-electron chi connectivity index (χ4n) is 3.18. The van der Waals surface area contributed by atoms with Gasteiger partial charge in [-0.1, -0.05) is 54.6 Å². The first-order chi connectivity index (χ1) is 15.5. The third-order valence-electron chi connectivity index (χ3n) is 4.75. The summed E-state index contributed by atoms with van der Waals surface area (Å²) in [5, 5.41) is 14.6. The number of nitrogens with zero attached hydrogens (tertiary/aromatic N) is 2. The van der Waals surface area contributed by atoms with Gasteiger partial charge in [0.2, 0.25) is 5.91 Å². The molecule has 158 valence electrons. The predicted molar refractivity (Wildman–Crippen MR) is 128 cm³/mol. The van der Waals surface area contributed by atoms with Crippen LogP contribution in [-0.2, 0) is 4.79 Å². The molecule has 1 heterocycles. The molecule has 0 saturated carbocycles. The summed E-state index contributed by atoms with van der Waals surface area (Å²) in [6.45, 7) is 2.05. The number of non-ortho nitro benzene ring substituents is 1. The fourth-order valence-corrected chi connectivity index (χ4v) is 4.12. The van der Waals surface area contributed by atoms with Gasteiger partial charge in [0.05, 0.1) is 10.6 Å². The Hall–Kier alpha value is -4.10. The number of nitrogens with one attached hydrogen (secondary N) is 1. The van der Waals surface area contributed by atoms with Crippen molar-refractivity contribution in [3.05, 3.63) is 105 Å². The Morgan fingerprint density at radius 2 is 1.75 bits per heavy atom. The van der Waals surface area contributed by atoms with E-state index in [1.807, 2.05) is 61.5 Å². The number of aromatic nitrogens is 1. The van der Waals surface area contributed by atoms with E-state index in [4.69, 9.17) is 4.98 Å². The van der Waals surface area contributed by atoms with Gasteiger partial charge in [0.25, 0.3) is 5.69 Å². The molecule has 1 amide bonds. The molecule has 6 nitrogen and oxygen atoms in total. The van der Waals surface area contributed by atoms with E-state index < -0.39 is 4.92 Å². The number of benzene rings is 3. The summed E-state index contributed by atoms with van der Waals surface area (Å²) in [5.74, 6) is -0.319. The second kappa shape index (κ2) is 9.36. The van der Waals surface area contributed by atoms with Crippen molar-refractivity contribution in [2.24, 2.45) is 0 Å². The lowest BCUT2D eigenvalue weighted by molar-refractivity contribution is -0.384. The predicted octanol–water partition coefficient (Wildman–Crippen LogP) is 6.35. The largest absolute Gasteiger partial charge is 0.323 e. The van der Waals surface area contributed by atoms with Crippen LogP contribution in [0.4, 0.5) is 11.4 Å². The molecule has 3 aromatic carbocycles. The molecule has 7 heteroatoms. The van der Waals surface area contributed by atoms with E-state index in [9.17, 15) is 14.9 Å². The third-order valence-corrected chi connectivity index (χ3v) is 5.77. The van der Waals surface area contributed by atoms with Crippen LogP contribution < -0.4 is 5.32 Å². The number of hydrogen-bond donors (Lipinski definition) is 1. The topological polar surface area (TPSA) is 85.1 Å². The summed E-state index contributed by atoms with van der Waals surface area (Å²) in [6.07, 6.45) is 2.89. The summed E-state index contributed by atoms with van der Waals surface area (Å²) >= 11 is 1.65. The second-order valence-electron chi connectivity index (χ2n) is 7.04. The number of aryl methyl sites for hydroxylation is 1. The Morgan fingerprint density at radius 3 is 2.47 bits per heavy atom. The smallest absolute Gasteiger partial charge is 0.270 e. The Bertz CT molecular complexity index is 1300. The molecular weight excluding hydrogens is 422 g/mol. The van der Waals surface area contributed by atoms with Gasteiger partial charge in [-0.3, -0.25) is 14.9 Å². The van der Waals surface area contributed by atoms with Gasteiger partial charge < -0.3 is 5.32 Å². The molecule has 0 radical (unpaired) electrons. The zero-order valence-corrected chi connectivity index (χ0v) is 18.0. The van der Waals surface area contributed by atoms with E-state index in [1.54, 1.807) is 29.5 Å². The third kappa shape index (κ3) is 4.96. The lowest BCUT2D eigenvalue weighted by Crippen LogP contribution is -2.07. The van der Waals surface area contributed by atoms with E-state index in [1.165, 1.54) is 18.2 Å². The summed E-state index contributed by atoms with van der Waals surface area (Å²) in [7, 11) is 0. The molecular formula is C25H19N3O3S. The average molecular weight is 442 g/mol. The molecule has 4 aromatic rings. The Labute approximate surface area is 189 Å². The number of hydrogen-bond acceptors (Lipinski definition) is 5. The van der Waals surface area contributed by atoms with Gasteiger partial charge in [0, 0.05) is 39.9 Å². The molecule has 32 heavy (non-hydrogen) atoms. The molecule has 0 saturated heterocycles. The van der Waals surface area contributed by atoms with Crippen molar-refractivity contribution in [2.75, 3.05) is 5.32 Å². The maximum Gasteiger partial charge on any atom is 0.270 e. The van der Waals surface area contributed by atoms with Crippen molar-refractivity contribution in [1.82, 2.24) is 4.98 Å². The zero-order chi connectivity index (χ0) is 22.5. The van der Waals surface area contributed by atoms with E-state index >= 15 is 0 Å². The summed E-state index contributed by atoms with van der Waals surface area (Å²) in [5.41, 5.74) is 4.21. The van der Waals surface area contributed by atoms with Gasteiger partial charge >= 0.3 is 0 Å². The fraction of sp³-hybridized carbons (Fsp3) is 0.0400. The van der Waals surface area contributed by atoms with E-state index in [2.05, 4.69) is 5.32 Å². The van der Waals surface area contributed by atoms with Crippen LogP contribution in [0.3, 0.4) is 0 Å². The summed E-state index contributed by atoms with van der Waals surface area (Å²) in [6, 6.07) is 23.7. The van der Waals surface area contributed by atoms with Gasteiger partial charge in [0.1, 0.15) is 5.01 Å². The van der Waals surface area contributed by atoms with Crippen molar-refractivity contribution >= 4 is 34.7 Å². The molecule has 0 bridgehead atoms. The highest BCUT2D eigenvalue weighted by Gasteiger charge is 2.11. The lowest BCUT2D eigenvalue weighted by atomic mass is 10.1. The summed E-state index contributed by atoms with van der Waals surface area (Å²) in [4.78, 5) is 28.5. The monoisotopic (exact) mass is 441 g/mol. The molecule has 0 aliphatic carbocycles. The van der Waals surface area contributed by atoms with E-state index in [-0.39, 0.29) is 11.6 Å². The van der Waals surface area contributed by atoms with Crippen molar-refractivity contribution in [2.45, 2.75) is 6.92 Å². The van der Waals surface area contributed by atoms with Crippen LogP contribution in [0.25, 0.3) is 27.9 Å². The van der Waals surface area contributed by atoms with Crippen LogP contribution in [0.5, 0.6) is 0 Å². The lowest BCUT2D eigenvalue weighted by Gasteiger charge is -2.04. The molecule has 1 N–H and O–H groups in total. The number of amides is 1. The SMILES string of the molecule is Cc1sc(-c2ccccc2)nc1-c1ccc(NC(=O)/C=C/c2cccc([N+](=O)[O-])c2)cc1. The highest BCUT2D eigenvalue weighted by atomic mass is 32.1. The Balaban J connectivity index is 1.44. The first kappa shape index (κ1) is 21.1. The van der Waals surface area contributed by atoms with Crippen molar-refractivity contribution in [3.8, 4) is 21.8 Å². The Kier molecular flexibility index (Phi) is 6.19. The molecule has 4 rings (SSSR count). The molecule has 0 spiro atoms. The Morgan fingerprint density at radius 1 is 1.00 bits per heavy atom. The maximum absolute atomic E-state index is 12.2. The molecule has 1 aromatic heterocycles. The number of nitro benzene ring substituents is 1. The summed E-state index contributed by atoms with van der Waals surface area (Å²) < 4.78 is 0. The number of nitro groups is 1. The number of carbonyl (C=O) groups excluding carboxylic acids is 1. The maximum atomic E-state index is 12.2. The van der Waals surface area contributed by atoms with Gasteiger partial charge in [-0.15, -0.1) is 11.3 Å². The van der Waals surface area contributed by atoms with Gasteiger partial charge in [-0.05, 0) is 30.7 Å². The van der Waals surface area contributed by atoms with Crippen LogP contribution in [0.2, 0.25) is 0 Å². The van der Waals surface area contributed by atoms with Crippen molar-refractivity contribution in [3.63, 3.8) is 0 Å². The molecule has 0 aliphatic rings. The van der Waals surface area contributed by atoms with Crippen LogP contribution in [0.1, 0.15) is 10.4 Å². The van der Waals surface area contributed by atoms with Crippen LogP contribution in [0.15, 0.2) is 84.9 Å². The van der Waals surface area contributed by atoms with Crippen LogP contribution >= 0.6 is 11.3 Å². The van der Waals surface area contributed by atoms with Gasteiger partial charge in [0.15, 0.2) is 0 Å². The molecule has 0 unspecified atom stereocenters. The van der Waals surface area contributed by atoms with Crippen LogP contribution in [0, 0.1) is 17.0 Å². The highest BCUT2D eigenvalue weighted by Crippen LogP contribution is 2.33. The second-order valence-corrected chi connectivity index (χ2v) is 8.25. The van der Waals surface area contributed by atoms with Crippen LogP contribution in [-0.4, -0.2) is 15.8 Å². The minimum Gasteiger partial charge on any atom is -0.323 e. The first-order valence-corrected chi connectivity index (χ1v) is 10.7. The minimum atomic E-state index is -0.466. The van der Waals surface area contributed by atoms with E-state index in [0.717, 1.165) is 26.7 Å². The van der Waals surface area contributed by atoms with Gasteiger partial charge in [-0.2, -0.15) is 0 Å². The first-order valence-electron chi connectivity index (χ1n) is 9.86. The number of thiazole rings is 1. The van der Waals surface area contributed by atoms with Crippen molar-refractivity contribution < 1.29 is 9.72 Å². The molecule has 0 atom stereocenters. The van der Waals surface area contributed by atoms with Gasteiger partial charge in [-0.25, -0.2) is 4.98 Å².